The standard InChI is InChI=1S/C8H14O3/c1-3-6(2)4-7(5-9)8(10)11/h5-7H,3-4H2,1-2H3,(H,10,11). The van der Waals surface area contributed by atoms with Crippen molar-refractivity contribution in [2.45, 2.75) is 26.7 Å². The fourth-order valence-corrected chi connectivity index (χ4v) is 0.815. The molecule has 1 N–H and O–H groups in total. The van der Waals surface area contributed by atoms with E-state index in [-0.39, 0.29) is 0 Å². The van der Waals surface area contributed by atoms with Gasteiger partial charge in [0.1, 0.15) is 12.2 Å². The van der Waals surface area contributed by atoms with Crippen molar-refractivity contribution in [2.75, 3.05) is 0 Å². The number of carbonyl (C=O) groups excluding carboxylic acids is 1. The van der Waals surface area contributed by atoms with Crippen molar-refractivity contribution in [3.8, 4) is 0 Å². The third-order valence-electron chi connectivity index (χ3n) is 1.83. The summed E-state index contributed by atoms with van der Waals surface area (Å²) >= 11 is 0. The molecule has 0 radical (unpaired) electrons. The van der Waals surface area contributed by atoms with Gasteiger partial charge < -0.3 is 9.90 Å². The van der Waals surface area contributed by atoms with Crippen LogP contribution in [0.4, 0.5) is 0 Å². The highest BCUT2D eigenvalue weighted by molar-refractivity contribution is 5.86. The SMILES string of the molecule is CCC(C)CC(C=O)C(=O)O. The van der Waals surface area contributed by atoms with Gasteiger partial charge in [-0.1, -0.05) is 20.3 Å². The molecule has 11 heavy (non-hydrogen) atoms. The number of carbonyl (C=O) groups is 2. The number of aliphatic carboxylic acids is 1. The van der Waals surface area contributed by atoms with Gasteiger partial charge in [0.25, 0.3) is 0 Å². The lowest BCUT2D eigenvalue weighted by Gasteiger charge is -2.09. The lowest BCUT2D eigenvalue weighted by atomic mass is 9.95. The number of carboxylic acids is 1. The Morgan fingerprint density at radius 1 is 1.64 bits per heavy atom. The van der Waals surface area contributed by atoms with Crippen LogP contribution in [0.2, 0.25) is 0 Å². The molecule has 0 fully saturated rings. The summed E-state index contributed by atoms with van der Waals surface area (Å²) in [6.45, 7) is 3.92. The Morgan fingerprint density at radius 2 is 2.18 bits per heavy atom. The minimum atomic E-state index is -1.01. The number of carboxylic acid groups (broad SMARTS) is 1. The molecule has 0 saturated carbocycles. The second kappa shape index (κ2) is 4.88. The van der Waals surface area contributed by atoms with Gasteiger partial charge in [0, 0.05) is 0 Å². The number of aldehydes is 1. The zero-order chi connectivity index (χ0) is 8.85. The van der Waals surface area contributed by atoms with Crippen LogP contribution in [-0.4, -0.2) is 17.4 Å². The molecule has 2 unspecified atom stereocenters. The van der Waals surface area contributed by atoms with Crippen LogP contribution in [0.25, 0.3) is 0 Å². The van der Waals surface area contributed by atoms with Crippen molar-refractivity contribution >= 4 is 12.3 Å². The van der Waals surface area contributed by atoms with Gasteiger partial charge >= 0.3 is 5.97 Å². The molecule has 3 nitrogen and oxygen atoms in total. The molecule has 0 aliphatic carbocycles. The van der Waals surface area contributed by atoms with E-state index in [4.69, 9.17) is 5.11 Å². The average molecular weight is 158 g/mol. The molecule has 0 saturated heterocycles. The van der Waals surface area contributed by atoms with E-state index in [1.165, 1.54) is 0 Å². The summed E-state index contributed by atoms with van der Waals surface area (Å²) in [5, 5.41) is 8.49. The molecule has 3 heteroatoms. The van der Waals surface area contributed by atoms with Crippen LogP contribution in [0.5, 0.6) is 0 Å². The summed E-state index contributed by atoms with van der Waals surface area (Å²) in [7, 11) is 0. The molecule has 0 aromatic carbocycles. The van der Waals surface area contributed by atoms with E-state index in [1.54, 1.807) is 0 Å². The van der Waals surface area contributed by atoms with Crippen molar-refractivity contribution in [3.05, 3.63) is 0 Å². The van der Waals surface area contributed by atoms with Crippen molar-refractivity contribution in [1.82, 2.24) is 0 Å². The summed E-state index contributed by atoms with van der Waals surface area (Å²) < 4.78 is 0. The van der Waals surface area contributed by atoms with Crippen molar-refractivity contribution in [3.63, 3.8) is 0 Å². The first-order valence-electron chi connectivity index (χ1n) is 3.79. The summed E-state index contributed by atoms with van der Waals surface area (Å²) in [5.74, 6) is -1.52. The molecule has 0 aliphatic rings. The van der Waals surface area contributed by atoms with E-state index in [0.717, 1.165) is 6.42 Å². The lowest BCUT2D eigenvalue weighted by Crippen LogP contribution is -2.17. The highest BCUT2D eigenvalue weighted by atomic mass is 16.4. The van der Waals surface area contributed by atoms with Crippen LogP contribution in [-0.2, 0) is 9.59 Å². The maximum Gasteiger partial charge on any atom is 0.313 e. The highest BCUT2D eigenvalue weighted by Gasteiger charge is 2.18. The average Bonchev–Trinajstić information content (AvgIpc) is 1.99. The molecular weight excluding hydrogens is 144 g/mol. The zero-order valence-electron chi connectivity index (χ0n) is 6.91. The normalized spacial score (nSPS) is 15.5. The Kier molecular flexibility index (Phi) is 4.50. The molecule has 64 valence electrons. The maximum atomic E-state index is 10.4. The molecular formula is C8H14O3. The van der Waals surface area contributed by atoms with Crippen LogP contribution in [0.15, 0.2) is 0 Å². The molecule has 0 aromatic rings. The molecule has 0 spiro atoms. The van der Waals surface area contributed by atoms with Gasteiger partial charge in [0.05, 0.1) is 0 Å². The monoisotopic (exact) mass is 158 g/mol. The Morgan fingerprint density at radius 3 is 2.45 bits per heavy atom. The highest BCUT2D eigenvalue weighted by Crippen LogP contribution is 2.13. The Labute approximate surface area is 66.4 Å². The minimum Gasteiger partial charge on any atom is -0.481 e. The van der Waals surface area contributed by atoms with Gasteiger partial charge in [0.2, 0.25) is 0 Å². The van der Waals surface area contributed by atoms with Crippen LogP contribution in [0.3, 0.4) is 0 Å². The summed E-state index contributed by atoms with van der Waals surface area (Å²) in [6.07, 6.45) is 1.88. The van der Waals surface area contributed by atoms with Crippen LogP contribution in [0.1, 0.15) is 26.7 Å². The topological polar surface area (TPSA) is 54.4 Å². The largest absolute Gasteiger partial charge is 0.481 e. The number of rotatable bonds is 5. The molecule has 0 aliphatic heterocycles. The van der Waals surface area contributed by atoms with Gasteiger partial charge in [0.15, 0.2) is 0 Å². The van der Waals surface area contributed by atoms with Crippen molar-refractivity contribution < 1.29 is 14.7 Å². The first kappa shape index (κ1) is 10.1. The third kappa shape index (κ3) is 3.75. The van der Waals surface area contributed by atoms with Crippen LogP contribution < -0.4 is 0 Å². The molecule has 0 heterocycles. The fraction of sp³-hybridized carbons (Fsp3) is 0.750. The fourth-order valence-electron chi connectivity index (χ4n) is 0.815. The van der Waals surface area contributed by atoms with Crippen molar-refractivity contribution in [2.24, 2.45) is 11.8 Å². The summed E-state index contributed by atoms with van der Waals surface area (Å²) in [4.78, 5) is 20.6. The Balaban J connectivity index is 3.87. The zero-order valence-corrected chi connectivity index (χ0v) is 6.91. The van der Waals surface area contributed by atoms with Crippen molar-refractivity contribution in [1.29, 1.82) is 0 Å². The predicted molar refractivity (Wildman–Crippen MR) is 41.3 cm³/mol. The number of hydrogen-bond acceptors (Lipinski definition) is 2. The second-order valence-electron chi connectivity index (χ2n) is 2.83. The summed E-state index contributed by atoms with van der Waals surface area (Å²) in [5.41, 5.74) is 0. The van der Waals surface area contributed by atoms with Gasteiger partial charge in [-0.3, -0.25) is 4.79 Å². The van der Waals surface area contributed by atoms with Crippen LogP contribution in [0, 0.1) is 11.8 Å². The molecule has 0 aromatic heterocycles. The molecule has 2 atom stereocenters. The first-order chi connectivity index (χ1) is 5.11. The maximum absolute atomic E-state index is 10.4. The Hall–Kier alpha value is -0.860. The molecule has 0 bridgehead atoms. The minimum absolute atomic E-state index is 0.307. The van der Waals surface area contributed by atoms with E-state index in [2.05, 4.69) is 0 Å². The van der Waals surface area contributed by atoms with E-state index < -0.39 is 11.9 Å². The molecule has 0 amide bonds. The summed E-state index contributed by atoms with van der Waals surface area (Å²) in [6, 6.07) is 0. The van der Waals surface area contributed by atoms with Gasteiger partial charge in [-0.25, -0.2) is 0 Å². The first-order valence-corrected chi connectivity index (χ1v) is 3.79. The van der Waals surface area contributed by atoms with Gasteiger partial charge in [-0.2, -0.15) is 0 Å². The third-order valence-corrected chi connectivity index (χ3v) is 1.83. The lowest BCUT2D eigenvalue weighted by molar-refractivity contribution is -0.144. The van der Waals surface area contributed by atoms with E-state index in [0.29, 0.717) is 18.6 Å². The quantitative estimate of drug-likeness (QED) is 0.485. The smallest absolute Gasteiger partial charge is 0.313 e. The predicted octanol–water partition coefficient (Wildman–Crippen LogP) is 1.32. The Bertz CT molecular complexity index is 142. The van der Waals surface area contributed by atoms with Crippen LogP contribution >= 0.6 is 0 Å². The molecule has 0 rings (SSSR count). The van der Waals surface area contributed by atoms with E-state index in [9.17, 15) is 9.59 Å². The van der Waals surface area contributed by atoms with Gasteiger partial charge in [-0.05, 0) is 12.3 Å². The van der Waals surface area contributed by atoms with E-state index >= 15 is 0 Å². The van der Waals surface area contributed by atoms with E-state index in [1.807, 2.05) is 13.8 Å². The second-order valence-corrected chi connectivity index (χ2v) is 2.83. The van der Waals surface area contributed by atoms with Gasteiger partial charge in [-0.15, -0.1) is 0 Å². The number of hydrogen-bond donors (Lipinski definition) is 1.